The standard InChI is InChI=1S/C41H50Br2N8O5/c42-33-21-28(22-34(43)38(33)53)24-36(47-16-8-29(7-13-46-26-52)32-25-30-3-1-2-4-35(30)48-39(32)54)40(55)49-37(23-27-5-11-44-12-6-27)41(56)51-19-17-50(18-20-51)31-9-14-45-15-10-31/h1-4,9-10,14-15,21-22,25-27,29,36-37,44,47,53H,5-8,11-13,16-20,23-24H2,(H,46,52)(H,48,54)(H,49,55). The van der Waals surface area contributed by atoms with E-state index in [0.717, 1.165) is 48.1 Å². The molecule has 0 aliphatic carbocycles. The van der Waals surface area contributed by atoms with Crippen molar-refractivity contribution in [3.05, 3.63) is 97.4 Å². The van der Waals surface area contributed by atoms with Gasteiger partial charge in [0.25, 0.3) is 5.56 Å². The Morgan fingerprint density at radius 1 is 0.946 bits per heavy atom. The average molecular weight is 895 g/mol. The van der Waals surface area contributed by atoms with Crippen molar-refractivity contribution in [2.45, 2.75) is 56.5 Å². The number of phenolic OH excluding ortho intramolecular Hbond substituents is 1. The summed E-state index contributed by atoms with van der Waals surface area (Å²) in [4.78, 5) is 64.5. The van der Waals surface area contributed by atoms with Gasteiger partial charge in [0.15, 0.2) is 0 Å². The number of para-hydroxylation sites is 1. The fourth-order valence-corrected chi connectivity index (χ4v) is 9.09. The summed E-state index contributed by atoms with van der Waals surface area (Å²) in [5, 5.41) is 24.1. The van der Waals surface area contributed by atoms with E-state index in [2.05, 4.69) is 68.0 Å². The van der Waals surface area contributed by atoms with E-state index in [1.165, 1.54) is 0 Å². The van der Waals surface area contributed by atoms with Gasteiger partial charge in [-0.15, -0.1) is 0 Å². The third kappa shape index (κ3) is 11.0. The second kappa shape index (κ2) is 20.2. The molecule has 2 saturated heterocycles. The van der Waals surface area contributed by atoms with Crippen LogP contribution in [0.3, 0.4) is 0 Å². The van der Waals surface area contributed by atoms with E-state index in [9.17, 15) is 24.3 Å². The van der Waals surface area contributed by atoms with Crippen LogP contribution in [0.15, 0.2) is 80.7 Å². The number of nitrogens with one attached hydrogen (secondary N) is 5. The topological polar surface area (TPSA) is 172 Å². The first-order valence-corrected chi connectivity index (χ1v) is 20.9. The first kappa shape index (κ1) is 41.3. The average Bonchev–Trinajstić information content (AvgIpc) is 3.22. The molecule has 2 aromatic carbocycles. The number of rotatable bonds is 17. The number of aromatic nitrogens is 2. The predicted octanol–water partition coefficient (Wildman–Crippen LogP) is 4.19. The van der Waals surface area contributed by atoms with Crippen LogP contribution in [0.1, 0.15) is 49.1 Å². The monoisotopic (exact) mass is 892 g/mol. The maximum Gasteiger partial charge on any atom is 0.251 e. The Hall–Kier alpha value is -4.31. The Morgan fingerprint density at radius 2 is 1.64 bits per heavy atom. The molecule has 2 fully saturated rings. The molecule has 3 amide bonds. The van der Waals surface area contributed by atoms with Gasteiger partial charge < -0.3 is 41.2 Å². The number of aromatic hydroxyl groups is 1. The second-order valence-electron chi connectivity index (χ2n) is 14.6. The summed E-state index contributed by atoms with van der Waals surface area (Å²) in [5.41, 5.74) is 3.04. The van der Waals surface area contributed by atoms with Crippen LogP contribution in [0.5, 0.6) is 5.75 Å². The Bertz CT molecular complexity index is 1980. The number of hydrogen-bond acceptors (Lipinski definition) is 9. The van der Waals surface area contributed by atoms with Crippen LogP contribution in [-0.4, -0.2) is 103 Å². The van der Waals surface area contributed by atoms with Crippen LogP contribution in [0.2, 0.25) is 0 Å². The van der Waals surface area contributed by atoms with Crippen molar-refractivity contribution >= 4 is 66.7 Å². The number of H-pyrrole nitrogens is 1. The van der Waals surface area contributed by atoms with Crippen LogP contribution in [0, 0.1) is 5.92 Å². The molecule has 4 heterocycles. The number of halogens is 2. The molecule has 298 valence electrons. The van der Waals surface area contributed by atoms with Gasteiger partial charge in [-0.2, -0.15) is 0 Å². The van der Waals surface area contributed by atoms with Gasteiger partial charge in [-0.1, -0.05) is 18.2 Å². The highest BCUT2D eigenvalue weighted by molar-refractivity contribution is 9.11. The number of hydrogen-bond donors (Lipinski definition) is 6. The highest BCUT2D eigenvalue weighted by Gasteiger charge is 2.33. The Morgan fingerprint density at radius 3 is 2.36 bits per heavy atom. The van der Waals surface area contributed by atoms with Crippen molar-refractivity contribution in [3.63, 3.8) is 0 Å². The van der Waals surface area contributed by atoms with Gasteiger partial charge in [-0.05, 0) is 149 Å². The molecule has 13 nitrogen and oxygen atoms in total. The number of fused-ring (bicyclic) bond motifs is 1. The maximum atomic E-state index is 14.5. The normalized spacial score (nSPS) is 16.6. The van der Waals surface area contributed by atoms with Crippen LogP contribution < -0.4 is 31.7 Å². The highest BCUT2D eigenvalue weighted by atomic mass is 79.9. The lowest BCUT2D eigenvalue weighted by atomic mass is 9.90. The lowest BCUT2D eigenvalue weighted by Gasteiger charge is -2.38. The van der Waals surface area contributed by atoms with Gasteiger partial charge in [0.05, 0.1) is 15.0 Å². The fourth-order valence-electron chi connectivity index (χ4n) is 7.81. The van der Waals surface area contributed by atoms with Gasteiger partial charge in [0.2, 0.25) is 18.2 Å². The largest absolute Gasteiger partial charge is 0.506 e. The number of amides is 3. The van der Waals surface area contributed by atoms with Gasteiger partial charge in [-0.3, -0.25) is 24.2 Å². The number of phenols is 1. The summed E-state index contributed by atoms with van der Waals surface area (Å²) in [7, 11) is 0. The molecule has 0 saturated carbocycles. The summed E-state index contributed by atoms with van der Waals surface area (Å²) in [6, 6.07) is 15.6. The van der Waals surface area contributed by atoms with E-state index in [1.807, 2.05) is 47.4 Å². The molecular formula is C41H50Br2N8O5. The van der Waals surface area contributed by atoms with Crippen molar-refractivity contribution in [2.24, 2.45) is 5.92 Å². The Balaban J connectivity index is 1.21. The minimum absolute atomic E-state index is 0.0618. The molecule has 2 aliphatic rings. The van der Waals surface area contributed by atoms with Crippen LogP contribution in [0.4, 0.5) is 5.69 Å². The zero-order chi connectivity index (χ0) is 39.4. The Kier molecular flexibility index (Phi) is 14.9. The van der Waals surface area contributed by atoms with Crippen molar-refractivity contribution in [1.29, 1.82) is 0 Å². The second-order valence-corrected chi connectivity index (χ2v) is 16.3. The first-order valence-electron chi connectivity index (χ1n) is 19.3. The van der Waals surface area contributed by atoms with E-state index >= 15 is 0 Å². The quantitative estimate of drug-likeness (QED) is 0.0673. The van der Waals surface area contributed by atoms with Crippen molar-refractivity contribution in [1.82, 2.24) is 36.1 Å². The molecular weight excluding hydrogens is 844 g/mol. The third-order valence-electron chi connectivity index (χ3n) is 10.9. The Labute approximate surface area is 343 Å². The van der Waals surface area contributed by atoms with Crippen LogP contribution >= 0.6 is 31.9 Å². The van der Waals surface area contributed by atoms with Gasteiger partial charge >= 0.3 is 0 Å². The number of pyridine rings is 2. The number of piperazine rings is 1. The minimum atomic E-state index is -0.742. The number of aromatic amines is 1. The summed E-state index contributed by atoms with van der Waals surface area (Å²) in [5.74, 6) is -0.232. The number of carbonyl (C=O) groups is 3. The van der Waals surface area contributed by atoms with Crippen LogP contribution in [0.25, 0.3) is 10.9 Å². The van der Waals surface area contributed by atoms with Gasteiger partial charge in [0, 0.05) is 61.9 Å². The molecule has 2 aliphatic heterocycles. The van der Waals surface area contributed by atoms with E-state index in [-0.39, 0.29) is 35.5 Å². The van der Waals surface area contributed by atoms with Gasteiger partial charge in [0.1, 0.15) is 11.8 Å². The first-order chi connectivity index (χ1) is 27.2. The molecule has 6 N–H and O–H groups in total. The summed E-state index contributed by atoms with van der Waals surface area (Å²) in [6.07, 6.45) is 7.91. The molecule has 3 atom stereocenters. The van der Waals surface area contributed by atoms with Gasteiger partial charge in [-0.25, -0.2) is 0 Å². The minimum Gasteiger partial charge on any atom is -0.506 e. The van der Waals surface area contributed by atoms with Crippen molar-refractivity contribution in [2.75, 3.05) is 57.3 Å². The molecule has 0 radical (unpaired) electrons. The smallest absolute Gasteiger partial charge is 0.251 e. The zero-order valence-corrected chi connectivity index (χ0v) is 34.5. The molecule has 56 heavy (non-hydrogen) atoms. The zero-order valence-electron chi connectivity index (χ0n) is 31.3. The molecule has 6 rings (SSSR count). The number of carbonyl (C=O) groups excluding carboxylic acids is 3. The molecule has 15 heteroatoms. The fraction of sp³-hybridized carbons (Fsp3) is 0.439. The van der Waals surface area contributed by atoms with Crippen molar-refractivity contribution in [3.8, 4) is 5.75 Å². The number of piperidine rings is 1. The molecule has 4 aromatic rings. The van der Waals surface area contributed by atoms with Crippen molar-refractivity contribution < 1.29 is 19.5 Å². The van der Waals surface area contributed by atoms with E-state index < -0.39 is 12.1 Å². The highest BCUT2D eigenvalue weighted by Crippen LogP contribution is 2.34. The van der Waals surface area contributed by atoms with E-state index in [4.69, 9.17) is 0 Å². The maximum absolute atomic E-state index is 14.5. The summed E-state index contributed by atoms with van der Waals surface area (Å²) in [6.45, 7) is 4.98. The SMILES string of the molecule is O=CNCCC(CCNC(Cc1cc(Br)c(O)c(Br)c1)C(=O)NC(CC1CCNCC1)C(=O)N1CCN(c2ccncc2)CC1)c1cc2ccccc2[nH]c1=O. The van der Waals surface area contributed by atoms with E-state index in [1.54, 1.807) is 24.5 Å². The number of nitrogens with zero attached hydrogens (tertiary/aromatic N) is 3. The van der Waals surface area contributed by atoms with Crippen LogP contribution in [-0.2, 0) is 20.8 Å². The van der Waals surface area contributed by atoms with E-state index in [0.29, 0.717) is 85.4 Å². The molecule has 2 aromatic heterocycles. The number of benzene rings is 2. The lowest BCUT2D eigenvalue weighted by molar-refractivity contribution is -0.137. The predicted molar refractivity (Wildman–Crippen MR) is 225 cm³/mol. The summed E-state index contributed by atoms with van der Waals surface area (Å²) < 4.78 is 0.980. The lowest BCUT2D eigenvalue weighted by Crippen LogP contribution is -2.58. The molecule has 0 spiro atoms. The summed E-state index contributed by atoms with van der Waals surface area (Å²) >= 11 is 6.85. The molecule has 3 unspecified atom stereocenters. The number of anilines is 1. The molecule has 0 bridgehead atoms. The third-order valence-corrected chi connectivity index (χ3v) is 12.1.